The molecule has 144 valence electrons. The number of carbonyl (C=O) groups excluding carboxylic acids is 2. The summed E-state index contributed by atoms with van der Waals surface area (Å²) in [7, 11) is 0. The molecule has 2 amide bonds. The van der Waals surface area contributed by atoms with Crippen LogP contribution in [0.1, 0.15) is 32.3 Å². The van der Waals surface area contributed by atoms with Crippen LogP contribution in [0.15, 0.2) is 48.8 Å². The number of aliphatic hydroxyl groups excluding tert-OH is 1. The standard InChI is InChI=1S/C20H21N5O3/c21-9-12-1-3-13(4-2-12)20(28)24-10-16(17(26)11-24)25-8-6-15-14(18(22)27)5-7-23-19(15)25/h1-8,16-17,26H,9-11,21H2,(H2,22,27)/t16-,17-/m1/s1. The SMILES string of the molecule is NCc1ccc(C(=O)N2C[C@@H](O)[C@H](n3ccc4c(C(N)=O)ccnc43)C2)cc1. The Bertz CT molecular complexity index is 1040. The van der Waals surface area contributed by atoms with E-state index in [2.05, 4.69) is 4.98 Å². The van der Waals surface area contributed by atoms with Crippen molar-refractivity contribution in [3.8, 4) is 0 Å². The molecule has 0 bridgehead atoms. The predicted molar refractivity (Wildman–Crippen MR) is 104 cm³/mol. The summed E-state index contributed by atoms with van der Waals surface area (Å²) in [6.45, 7) is 0.974. The molecule has 5 N–H and O–H groups in total. The van der Waals surface area contributed by atoms with Gasteiger partial charge in [0.15, 0.2) is 0 Å². The number of nitrogens with zero attached hydrogens (tertiary/aromatic N) is 3. The lowest BCUT2D eigenvalue weighted by Crippen LogP contribution is -2.29. The van der Waals surface area contributed by atoms with Gasteiger partial charge in [0.1, 0.15) is 5.65 Å². The van der Waals surface area contributed by atoms with Crippen molar-refractivity contribution >= 4 is 22.8 Å². The predicted octanol–water partition coefficient (Wildman–Crippen LogP) is 0.652. The van der Waals surface area contributed by atoms with Crippen LogP contribution in [-0.2, 0) is 6.54 Å². The lowest BCUT2D eigenvalue weighted by molar-refractivity contribution is 0.0764. The molecule has 1 fully saturated rings. The fraction of sp³-hybridized carbons (Fsp3) is 0.250. The van der Waals surface area contributed by atoms with Crippen LogP contribution >= 0.6 is 0 Å². The number of benzene rings is 1. The Morgan fingerprint density at radius 1 is 1.14 bits per heavy atom. The second-order valence-electron chi connectivity index (χ2n) is 6.93. The van der Waals surface area contributed by atoms with Gasteiger partial charge in [0.25, 0.3) is 5.91 Å². The summed E-state index contributed by atoms with van der Waals surface area (Å²) in [4.78, 5) is 30.4. The third-order valence-electron chi connectivity index (χ3n) is 5.22. The van der Waals surface area contributed by atoms with Crippen LogP contribution in [0.4, 0.5) is 0 Å². The Morgan fingerprint density at radius 2 is 1.89 bits per heavy atom. The van der Waals surface area contributed by atoms with Gasteiger partial charge in [-0.05, 0) is 29.8 Å². The molecule has 28 heavy (non-hydrogen) atoms. The summed E-state index contributed by atoms with van der Waals surface area (Å²) in [6, 6.07) is 10.1. The average Bonchev–Trinajstić information content (AvgIpc) is 3.30. The fourth-order valence-corrected chi connectivity index (χ4v) is 3.71. The van der Waals surface area contributed by atoms with Crippen molar-refractivity contribution < 1.29 is 14.7 Å². The van der Waals surface area contributed by atoms with Gasteiger partial charge in [-0.1, -0.05) is 12.1 Å². The van der Waals surface area contributed by atoms with Crippen molar-refractivity contribution in [1.29, 1.82) is 0 Å². The molecule has 0 unspecified atom stereocenters. The number of fused-ring (bicyclic) bond motifs is 1. The van der Waals surface area contributed by atoms with Crippen molar-refractivity contribution in [3.63, 3.8) is 0 Å². The van der Waals surface area contributed by atoms with Crippen LogP contribution in [0.25, 0.3) is 11.0 Å². The van der Waals surface area contributed by atoms with Crippen LogP contribution in [0.5, 0.6) is 0 Å². The number of hydrogen-bond donors (Lipinski definition) is 3. The molecule has 0 spiro atoms. The van der Waals surface area contributed by atoms with E-state index in [0.717, 1.165) is 5.56 Å². The molecule has 1 aromatic carbocycles. The minimum Gasteiger partial charge on any atom is -0.389 e. The quantitative estimate of drug-likeness (QED) is 0.613. The van der Waals surface area contributed by atoms with Crippen molar-refractivity contribution in [2.75, 3.05) is 13.1 Å². The Morgan fingerprint density at radius 3 is 2.57 bits per heavy atom. The van der Waals surface area contributed by atoms with E-state index in [4.69, 9.17) is 11.5 Å². The number of primary amides is 1. The number of pyridine rings is 1. The molecule has 1 aliphatic rings. The van der Waals surface area contributed by atoms with Gasteiger partial charge in [0.05, 0.1) is 17.7 Å². The van der Waals surface area contributed by atoms with Crippen LogP contribution in [0.3, 0.4) is 0 Å². The van der Waals surface area contributed by atoms with Gasteiger partial charge < -0.3 is 26.0 Å². The van der Waals surface area contributed by atoms with Crippen LogP contribution in [-0.4, -0.2) is 50.6 Å². The zero-order valence-corrected chi connectivity index (χ0v) is 15.2. The zero-order valence-electron chi connectivity index (χ0n) is 15.2. The monoisotopic (exact) mass is 379 g/mol. The van der Waals surface area contributed by atoms with E-state index < -0.39 is 12.0 Å². The largest absolute Gasteiger partial charge is 0.389 e. The van der Waals surface area contributed by atoms with E-state index >= 15 is 0 Å². The van der Waals surface area contributed by atoms with Gasteiger partial charge in [0, 0.05) is 43.0 Å². The first kappa shape index (κ1) is 18.1. The third kappa shape index (κ3) is 3.02. The molecule has 0 radical (unpaired) electrons. The average molecular weight is 379 g/mol. The number of aliphatic hydroxyl groups is 1. The lowest BCUT2D eigenvalue weighted by atomic mass is 10.1. The van der Waals surface area contributed by atoms with Gasteiger partial charge in [0.2, 0.25) is 5.91 Å². The van der Waals surface area contributed by atoms with E-state index in [1.54, 1.807) is 39.9 Å². The number of hydrogen-bond acceptors (Lipinski definition) is 5. The molecule has 3 aromatic rings. The molecule has 3 heterocycles. The molecule has 0 aliphatic carbocycles. The first-order chi connectivity index (χ1) is 13.5. The van der Waals surface area contributed by atoms with Crippen LogP contribution < -0.4 is 11.5 Å². The molecule has 8 nitrogen and oxygen atoms in total. The fourth-order valence-electron chi connectivity index (χ4n) is 3.71. The van der Waals surface area contributed by atoms with Crippen molar-refractivity contribution in [1.82, 2.24) is 14.5 Å². The Kier molecular flexibility index (Phi) is 4.58. The minimum absolute atomic E-state index is 0.146. The highest BCUT2D eigenvalue weighted by atomic mass is 16.3. The smallest absolute Gasteiger partial charge is 0.254 e. The van der Waals surface area contributed by atoms with Gasteiger partial charge in [-0.15, -0.1) is 0 Å². The Labute approximate surface area is 161 Å². The van der Waals surface area contributed by atoms with Crippen molar-refractivity contribution in [3.05, 3.63) is 65.5 Å². The molecule has 2 atom stereocenters. The number of carbonyl (C=O) groups is 2. The number of β-amino-alcohol motifs (C(OH)–C–C–N with tert-alkyl or cyclic N) is 1. The van der Waals surface area contributed by atoms with E-state index in [9.17, 15) is 14.7 Å². The number of likely N-dealkylation sites (tertiary alicyclic amines) is 1. The summed E-state index contributed by atoms with van der Waals surface area (Å²) in [5.74, 6) is -0.679. The summed E-state index contributed by atoms with van der Waals surface area (Å²) in [5, 5.41) is 11.2. The minimum atomic E-state index is -0.748. The maximum Gasteiger partial charge on any atom is 0.254 e. The first-order valence-electron chi connectivity index (χ1n) is 9.01. The van der Waals surface area contributed by atoms with E-state index in [1.165, 1.54) is 6.20 Å². The molecule has 4 rings (SSSR count). The first-order valence-corrected chi connectivity index (χ1v) is 9.01. The summed E-state index contributed by atoms with van der Waals surface area (Å²) in [6.07, 6.45) is 2.53. The van der Waals surface area contributed by atoms with Gasteiger partial charge in [-0.2, -0.15) is 0 Å². The third-order valence-corrected chi connectivity index (χ3v) is 5.22. The molecule has 1 saturated heterocycles. The van der Waals surface area contributed by atoms with Crippen LogP contribution in [0.2, 0.25) is 0 Å². The van der Waals surface area contributed by atoms with Crippen LogP contribution in [0, 0.1) is 0 Å². The zero-order chi connectivity index (χ0) is 19.8. The highest BCUT2D eigenvalue weighted by molar-refractivity contribution is 6.04. The molecule has 0 saturated carbocycles. The normalized spacial score (nSPS) is 19.3. The Balaban J connectivity index is 1.60. The van der Waals surface area contributed by atoms with E-state index in [1.807, 2.05) is 12.1 Å². The maximum atomic E-state index is 12.8. The second-order valence-corrected chi connectivity index (χ2v) is 6.93. The summed E-state index contributed by atoms with van der Waals surface area (Å²) < 4.78 is 1.80. The number of rotatable bonds is 4. The van der Waals surface area contributed by atoms with Crippen molar-refractivity contribution in [2.45, 2.75) is 18.7 Å². The molecular formula is C20H21N5O3. The molecule has 8 heteroatoms. The topological polar surface area (TPSA) is 127 Å². The lowest BCUT2D eigenvalue weighted by Gasteiger charge is -2.18. The molecule has 1 aliphatic heterocycles. The number of amides is 2. The van der Waals surface area contributed by atoms with Gasteiger partial charge in [-0.3, -0.25) is 9.59 Å². The Hall–Kier alpha value is -3.23. The molecular weight excluding hydrogens is 358 g/mol. The number of aromatic nitrogens is 2. The summed E-state index contributed by atoms with van der Waals surface area (Å²) >= 11 is 0. The summed E-state index contributed by atoms with van der Waals surface area (Å²) in [5.41, 5.74) is 13.5. The highest BCUT2D eigenvalue weighted by Crippen LogP contribution is 2.28. The van der Waals surface area contributed by atoms with Gasteiger partial charge >= 0.3 is 0 Å². The number of nitrogens with two attached hydrogens (primary N) is 2. The van der Waals surface area contributed by atoms with E-state index in [-0.39, 0.29) is 18.5 Å². The van der Waals surface area contributed by atoms with E-state index in [0.29, 0.717) is 35.2 Å². The molecule has 2 aromatic heterocycles. The van der Waals surface area contributed by atoms with Crippen molar-refractivity contribution in [2.24, 2.45) is 11.5 Å². The second kappa shape index (κ2) is 7.06. The maximum absolute atomic E-state index is 12.8. The highest BCUT2D eigenvalue weighted by Gasteiger charge is 2.36. The van der Waals surface area contributed by atoms with Gasteiger partial charge in [-0.25, -0.2) is 4.98 Å².